The van der Waals surface area contributed by atoms with E-state index in [1.165, 1.54) is 0 Å². The van der Waals surface area contributed by atoms with Gasteiger partial charge in [-0.25, -0.2) is 0 Å². The molecule has 3 saturated heterocycles. The van der Waals surface area contributed by atoms with Gasteiger partial charge in [0.2, 0.25) is 0 Å². The molecule has 3 heterocycles. The normalized spacial score (nSPS) is 36.0. The van der Waals surface area contributed by atoms with Crippen LogP contribution in [0.1, 0.15) is 27.7 Å². The van der Waals surface area contributed by atoms with Crippen molar-refractivity contribution in [2.24, 2.45) is 0 Å². The van der Waals surface area contributed by atoms with Crippen LogP contribution in [0.3, 0.4) is 0 Å². The molecular weight excluding hydrogens is 354 g/mol. The lowest BCUT2D eigenvalue weighted by molar-refractivity contribution is -0.229. The molecule has 0 aromatic heterocycles. The van der Waals surface area contributed by atoms with E-state index in [4.69, 9.17) is 28.4 Å². The van der Waals surface area contributed by atoms with Crippen molar-refractivity contribution in [2.75, 3.05) is 12.4 Å². The maximum absolute atomic E-state index is 13.0. The first-order chi connectivity index (χ1) is 12.7. The van der Waals surface area contributed by atoms with Crippen LogP contribution in [0.15, 0.2) is 24.3 Å². The summed E-state index contributed by atoms with van der Waals surface area (Å²) in [7, 11) is 1.55. The van der Waals surface area contributed by atoms with Gasteiger partial charge in [-0.05, 0) is 39.8 Å². The van der Waals surface area contributed by atoms with E-state index in [1.54, 1.807) is 46.9 Å². The van der Waals surface area contributed by atoms with Crippen molar-refractivity contribution in [3.05, 3.63) is 24.3 Å². The van der Waals surface area contributed by atoms with E-state index in [9.17, 15) is 4.79 Å². The molecule has 8 heteroatoms. The van der Waals surface area contributed by atoms with Crippen molar-refractivity contribution in [3.8, 4) is 5.75 Å². The number of methoxy groups -OCH3 is 1. The summed E-state index contributed by atoms with van der Waals surface area (Å²) in [5.41, 5.74) is 0.550. The number of carbonyl (C=O) groups excluding carboxylic acids is 1. The van der Waals surface area contributed by atoms with Crippen molar-refractivity contribution in [2.45, 2.75) is 70.0 Å². The third kappa shape index (κ3) is 3.43. The second-order valence-corrected chi connectivity index (χ2v) is 7.78. The molecule has 4 rings (SSSR count). The molecule has 27 heavy (non-hydrogen) atoms. The van der Waals surface area contributed by atoms with Crippen molar-refractivity contribution in [1.82, 2.24) is 0 Å². The molecule has 0 saturated carbocycles. The lowest BCUT2D eigenvalue weighted by Crippen LogP contribution is -2.58. The van der Waals surface area contributed by atoms with Crippen LogP contribution in [0.4, 0.5) is 5.69 Å². The van der Waals surface area contributed by atoms with Gasteiger partial charge in [0.1, 0.15) is 24.1 Å². The third-order valence-corrected chi connectivity index (χ3v) is 4.78. The molecule has 5 atom stereocenters. The summed E-state index contributed by atoms with van der Waals surface area (Å²) in [4.78, 5) is 13.0. The smallest absolute Gasteiger partial charge is 0.256 e. The van der Waals surface area contributed by atoms with E-state index < -0.39 is 42.3 Å². The molecule has 8 nitrogen and oxygen atoms in total. The average molecular weight is 379 g/mol. The summed E-state index contributed by atoms with van der Waals surface area (Å²) < 4.78 is 35.0. The van der Waals surface area contributed by atoms with E-state index in [1.807, 2.05) is 12.1 Å². The molecule has 1 N–H and O–H groups in total. The summed E-state index contributed by atoms with van der Waals surface area (Å²) in [5.74, 6) is -1.49. The summed E-state index contributed by atoms with van der Waals surface area (Å²) in [6, 6.07) is 7.17. The van der Waals surface area contributed by atoms with Gasteiger partial charge in [-0.15, -0.1) is 0 Å². The van der Waals surface area contributed by atoms with Crippen LogP contribution in [0.25, 0.3) is 0 Å². The maximum Gasteiger partial charge on any atom is 0.256 e. The van der Waals surface area contributed by atoms with Gasteiger partial charge in [-0.3, -0.25) is 4.79 Å². The monoisotopic (exact) mass is 379 g/mol. The van der Waals surface area contributed by atoms with E-state index in [2.05, 4.69) is 5.32 Å². The first-order valence-corrected chi connectivity index (χ1v) is 9.00. The van der Waals surface area contributed by atoms with Crippen molar-refractivity contribution < 1.29 is 33.2 Å². The zero-order valence-corrected chi connectivity index (χ0v) is 16.1. The second kappa shape index (κ2) is 6.42. The quantitative estimate of drug-likeness (QED) is 0.860. The van der Waals surface area contributed by atoms with Gasteiger partial charge in [0.05, 0.1) is 12.8 Å². The standard InChI is InChI=1S/C19H25NO7/c1-18(2)24-12-13(25-18)15-17(27-19(3,4)26-15)23-14(12)16(21)20-10-8-6-7-9-11(10)22-5/h6-9,12-15,17H,1-5H3,(H,20,21). The van der Waals surface area contributed by atoms with Gasteiger partial charge in [0, 0.05) is 0 Å². The molecule has 1 amide bonds. The highest BCUT2D eigenvalue weighted by Gasteiger charge is 2.62. The number of benzene rings is 1. The maximum atomic E-state index is 13.0. The minimum Gasteiger partial charge on any atom is -0.495 e. The number of rotatable bonds is 3. The SMILES string of the molecule is COc1ccccc1NC(=O)C1OC2OC(C)(C)OC2C2OC(C)(C)OC12. The molecule has 5 unspecified atom stereocenters. The summed E-state index contributed by atoms with van der Waals surface area (Å²) in [5, 5.41) is 2.85. The molecule has 1 aromatic carbocycles. The van der Waals surface area contributed by atoms with Gasteiger partial charge in [0.15, 0.2) is 24.0 Å². The first-order valence-electron chi connectivity index (χ1n) is 9.00. The van der Waals surface area contributed by atoms with E-state index in [0.29, 0.717) is 11.4 Å². The van der Waals surface area contributed by atoms with Crippen molar-refractivity contribution in [1.29, 1.82) is 0 Å². The number of anilines is 1. The Hall–Kier alpha value is -1.71. The van der Waals surface area contributed by atoms with E-state index in [-0.39, 0.29) is 5.91 Å². The van der Waals surface area contributed by atoms with Crippen LogP contribution in [0.5, 0.6) is 5.75 Å². The lowest BCUT2D eigenvalue weighted by Gasteiger charge is -2.36. The third-order valence-electron chi connectivity index (χ3n) is 4.78. The highest BCUT2D eigenvalue weighted by atomic mass is 16.9. The Morgan fingerprint density at radius 3 is 2.33 bits per heavy atom. The molecule has 1 aromatic rings. The first kappa shape index (κ1) is 18.6. The highest BCUT2D eigenvalue weighted by molar-refractivity contribution is 5.96. The van der Waals surface area contributed by atoms with E-state index in [0.717, 1.165) is 0 Å². The summed E-state index contributed by atoms with van der Waals surface area (Å²) in [6.07, 6.45) is -3.20. The molecular formula is C19H25NO7. The van der Waals surface area contributed by atoms with Crippen LogP contribution < -0.4 is 10.1 Å². The number of para-hydroxylation sites is 2. The fourth-order valence-corrected chi connectivity index (χ4v) is 3.78. The van der Waals surface area contributed by atoms with Gasteiger partial charge in [-0.2, -0.15) is 0 Å². The second-order valence-electron chi connectivity index (χ2n) is 7.78. The minimum atomic E-state index is -0.916. The summed E-state index contributed by atoms with van der Waals surface area (Å²) in [6.45, 7) is 7.20. The predicted molar refractivity (Wildman–Crippen MR) is 94.1 cm³/mol. The van der Waals surface area contributed by atoms with Crippen molar-refractivity contribution in [3.63, 3.8) is 0 Å². The molecule has 0 spiro atoms. The molecule has 3 aliphatic rings. The van der Waals surface area contributed by atoms with E-state index >= 15 is 0 Å². The Morgan fingerprint density at radius 2 is 1.59 bits per heavy atom. The molecule has 0 aliphatic carbocycles. The molecule has 3 fully saturated rings. The zero-order valence-electron chi connectivity index (χ0n) is 16.1. The lowest BCUT2D eigenvalue weighted by atomic mass is 9.98. The average Bonchev–Trinajstić information content (AvgIpc) is 3.08. The van der Waals surface area contributed by atoms with Gasteiger partial charge < -0.3 is 33.7 Å². The number of nitrogens with one attached hydrogen (secondary N) is 1. The van der Waals surface area contributed by atoms with Crippen LogP contribution in [-0.2, 0) is 28.5 Å². The van der Waals surface area contributed by atoms with Crippen molar-refractivity contribution >= 4 is 11.6 Å². The minimum absolute atomic E-state index is 0.359. The number of amides is 1. The van der Waals surface area contributed by atoms with Crippen LogP contribution in [-0.4, -0.2) is 55.3 Å². The Bertz CT molecular complexity index is 735. The predicted octanol–water partition coefficient (Wildman–Crippen LogP) is 2.03. The van der Waals surface area contributed by atoms with Gasteiger partial charge in [0.25, 0.3) is 5.91 Å². The fourth-order valence-electron chi connectivity index (χ4n) is 3.78. The number of ether oxygens (including phenoxy) is 6. The number of carbonyl (C=O) groups is 1. The topological polar surface area (TPSA) is 84.5 Å². The molecule has 0 radical (unpaired) electrons. The number of hydrogen-bond acceptors (Lipinski definition) is 7. The Morgan fingerprint density at radius 1 is 0.963 bits per heavy atom. The van der Waals surface area contributed by atoms with Crippen LogP contribution in [0.2, 0.25) is 0 Å². The highest BCUT2D eigenvalue weighted by Crippen LogP contribution is 2.44. The number of fused-ring (bicyclic) bond motifs is 3. The number of hydrogen-bond donors (Lipinski definition) is 1. The summed E-state index contributed by atoms with van der Waals surface area (Å²) >= 11 is 0. The van der Waals surface area contributed by atoms with Gasteiger partial charge in [-0.1, -0.05) is 12.1 Å². The zero-order chi connectivity index (χ0) is 19.4. The Balaban J connectivity index is 1.59. The Kier molecular flexibility index (Phi) is 4.44. The van der Waals surface area contributed by atoms with Crippen LogP contribution >= 0.6 is 0 Å². The molecule has 3 aliphatic heterocycles. The Labute approximate surface area is 158 Å². The largest absolute Gasteiger partial charge is 0.495 e. The molecule has 148 valence electrons. The van der Waals surface area contributed by atoms with Gasteiger partial charge >= 0.3 is 0 Å². The fraction of sp³-hybridized carbons (Fsp3) is 0.632. The van der Waals surface area contributed by atoms with Crippen LogP contribution in [0, 0.1) is 0 Å². The molecule has 0 bridgehead atoms.